The van der Waals surface area contributed by atoms with Crippen LogP contribution in [0.25, 0.3) is 33.6 Å². The van der Waals surface area contributed by atoms with Crippen LogP contribution in [0.3, 0.4) is 0 Å². The van der Waals surface area contributed by atoms with E-state index in [1.165, 1.54) is 5.56 Å². The van der Waals surface area contributed by atoms with E-state index in [0.29, 0.717) is 0 Å². The molecule has 0 spiro atoms. The molecule has 132 valence electrons. The molecule has 0 fully saturated rings. The Balaban J connectivity index is 1.68. The molecule has 1 heterocycles. The van der Waals surface area contributed by atoms with E-state index in [0.717, 1.165) is 33.8 Å². The monoisotopic (exact) mass is 353 g/mol. The fraction of sp³-hybridized carbons (Fsp3) is 0.0435. The van der Waals surface area contributed by atoms with Crippen LogP contribution in [-0.4, -0.2) is 17.1 Å². The zero-order valence-corrected chi connectivity index (χ0v) is 15.0. The number of ether oxygens (including phenoxy) is 1. The molecule has 4 aromatic rings. The van der Waals surface area contributed by atoms with Crippen LogP contribution in [0, 0.1) is 0 Å². The summed E-state index contributed by atoms with van der Waals surface area (Å²) in [5, 5.41) is 0. The summed E-state index contributed by atoms with van der Waals surface area (Å²) >= 11 is 0. The first-order valence-corrected chi connectivity index (χ1v) is 8.68. The molecule has 0 saturated carbocycles. The van der Waals surface area contributed by atoms with Gasteiger partial charge in [0.1, 0.15) is 5.75 Å². The van der Waals surface area contributed by atoms with Crippen molar-refractivity contribution in [2.45, 2.75) is 0 Å². The van der Waals surface area contributed by atoms with Crippen molar-refractivity contribution >= 4 is 5.95 Å². The van der Waals surface area contributed by atoms with Crippen molar-refractivity contribution in [3.63, 3.8) is 0 Å². The van der Waals surface area contributed by atoms with E-state index < -0.39 is 0 Å². The van der Waals surface area contributed by atoms with Crippen LogP contribution >= 0.6 is 0 Å². The van der Waals surface area contributed by atoms with Crippen molar-refractivity contribution in [1.82, 2.24) is 9.97 Å². The molecule has 0 aliphatic heterocycles. The first-order chi connectivity index (χ1) is 13.2. The molecule has 0 bridgehead atoms. The molecular weight excluding hydrogens is 334 g/mol. The van der Waals surface area contributed by atoms with Gasteiger partial charge in [-0.15, -0.1) is 0 Å². The number of aromatic nitrogens is 2. The van der Waals surface area contributed by atoms with Crippen LogP contribution in [0.15, 0.2) is 84.9 Å². The number of nitrogens with two attached hydrogens (primary N) is 1. The molecule has 2 N–H and O–H groups in total. The summed E-state index contributed by atoms with van der Waals surface area (Å²) in [5.74, 6) is 1.06. The van der Waals surface area contributed by atoms with E-state index in [2.05, 4.69) is 46.4 Å². The highest BCUT2D eigenvalue weighted by molar-refractivity contribution is 5.72. The molecule has 4 nitrogen and oxygen atoms in total. The van der Waals surface area contributed by atoms with Gasteiger partial charge in [0.2, 0.25) is 5.95 Å². The zero-order chi connectivity index (χ0) is 18.6. The third-order valence-electron chi connectivity index (χ3n) is 4.42. The summed E-state index contributed by atoms with van der Waals surface area (Å²) < 4.78 is 5.21. The highest BCUT2D eigenvalue weighted by atomic mass is 16.5. The number of nitrogen functional groups attached to an aromatic ring is 1. The maximum absolute atomic E-state index is 5.96. The molecule has 0 saturated heterocycles. The van der Waals surface area contributed by atoms with Crippen LogP contribution in [0.1, 0.15) is 0 Å². The van der Waals surface area contributed by atoms with Crippen LogP contribution in [0.2, 0.25) is 0 Å². The van der Waals surface area contributed by atoms with E-state index in [1.807, 2.05) is 48.5 Å². The largest absolute Gasteiger partial charge is 0.497 e. The minimum atomic E-state index is 0.255. The van der Waals surface area contributed by atoms with Crippen molar-refractivity contribution in [1.29, 1.82) is 0 Å². The third kappa shape index (κ3) is 3.65. The number of hydrogen-bond acceptors (Lipinski definition) is 4. The van der Waals surface area contributed by atoms with Gasteiger partial charge >= 0.3 is 0 Å². The SMILES string of the molecule is COc1ccc(-c2cc(-c3ccc(-c4ccccc4)cc3)nc(N)n2)cc1. The number of anilines is 1. The lowest BCUT2D eigenvalue weighted by Gasteiger charge is -2.08. The van der Waals surface area contributed by atoms with Crippen LogP contribution in [0.4, 0.5) is 5.95 Å². The second-order valence-electron chi connectivity index (χ2n) is 6.17. The predicted octanol–water partition coefficient (Wildman–Crippen LogP) is 5.07. The second-order valence-corrected chi connectivity index (χ2v) is 6.17. The maximum atomic E-state index is 5.96. The van der Waals surface area contributed by atoms with Gasteiger partial charge < -0.3 is 10.5 Å². The van der Waals surface area contributed by atoms with Crippen LogP contribution in [-0.2, 0) is 0 Å². The normalized spacial score (nSPS) is 10.6. The molecule has 4 rings (SSSR count). The van der Waals surface area contributed by atoms with Crippen LogP contribution in [0.5, 0.6) is 5.75 Å². The van der Waals surface area contributed by atoms with Crippen molar-refractivity contribution < 1.29 is 4.74 Å². The molecule has 0 aliphatic carbocycles. The third-order valence-corrected chi connectivity index (χ3v) is 4.42. The molecule has 27 heavy (non-hydrogen) atoms. The fourth-order valence-electron chi connectivity index (χ4n) is 2.99. The number of nitrogens with zero attached hydrogens (tertiary/aromatic N) is 2. The first-order valence-electron chi connectivity index (χ1n) is 8.68. The van der Waals surface area contributed by atoms with E-state index in [1.54, 1.807) is 7.11 Å². The van der Waals surface area contributed by atoms with Gasteiger partial charge in [-0.2, -0.15) is 0 Å². The molecule has 0 aliphatic rings. The Morgan fingerprint density at radius 3 is 1.67 bits per heavy atom. The Bertz CT molecular complexity index is 1040. The van der Waals surface area contributed by atoms with Gasteiger partial charge in [-0.3, -0.25) is 0 Å². The van der Waals surface area contributed by atoms with Gasteiger partial charge in [0.15, 0.2) is 0 Å². The number of benzene rings is 3. The van der Waals surface area contributed by atoms with Gasteiger partial charge in [0, 0.05) is 11.1 Å². The van der Waals surface area contributed by atoms with Crippen molar-refractivity contribution in [3.8, 4) is 39.4 Å². The standard InChI is InChI=1S/C23H19N3O/c1-27-20-13-11-19(12-14-20)22-15-21(25-23(24)26-22)18-9-7-17(8-10-18)16-5-3-2-4-6-16/h2-15H,1H3,(H2,24,25,26). The zero-order valence-electron chi connectivity index (χ0n) is 15.0. The van der Waals surface area contributed by atoms with Crippen molar-refractivity contribution in [2.75, 3.05) is 12.8 Å². The van der Waals surface area contributed by atoms with Crippen molar-refractivity contribution in [2.24, 2.45) is 0 Å². The molecule has 1 aromatic heterocycles. The Morgan fingerprint density at radius 1 is 0.630 bits per heavy atom. The van der Waals surface area contributed by atoms with E-state index in [9.17, 15) is 0 Å². The molecule has 4 heteroatoms. The molecule has 0 radical (unpaired) electrons. The van der Waals surface area contributed by atoms with Gasteiger partial charge in [0.05, 0.1) is 18.5 Å². The summed E-state index contributed by atoms with van der Waals surface area (Å²) in [6.07, 6.45) is 0. The summed E-state index contributed by atoms with van der Waals surface area (Å²) in [6.45, 7) is 0. The summed E-state index contributed by atoms with van der Waals surface area (Å²) in [5.41, 5.74) is 11.9. The molecule has 0 unspecified atom stereocenters. The maximum Gasteiger partial charge on any atom is 0.221 e. The average molecular weight is 353 g/mol. The highest BCUT2D eigenvalue weighted by Gasteiger charge is 2.08. The lowest BCUT2D eigenvalue weighted by atomic mass is 10.0. The first kappa shape index (κ1) is 16.8. The lowest BCUT2D eigenvalue weighted by molar-refractivity contribution is 0.415. The number of rotatable bonds is 4. The minimum Gasteiger partial charge on any atom is -0.497 e. The predicted molar refractivity (Wildman–Crippen MR) is 109 cm³/mol. The summed E-state index contributed by atoms with van der Waals surface area (Å²) in [7, 11) is 1.65. The molecule has 0 atom stereocenters. The van der Waals surface area contributed by atoms with Crippen molar-refractivity contribution in [3.05, 3.63) is 84.9 Å². The Kier molecular flexibility index (Phi) is 4.54. The Morgan fingerprint density at radius 2 is 1.11 bits per heavy atom. The minimum absolute atomic E-state index is 0.255. The molecular formula is C23H19N3O. The fourth-order valence-corrected chi connectivity index (χ4v) is 2.99. The smallest absolute Gasteiger partial charge is 0.221 e. The van der Waals surface area contributed by atoms with E-state index >= 15 is 0 Å². The topological polar surface area (TPSA) is 61.0 Å². The van der Waals surface area contributed by atoms with Gasteiger partial charge in [0.25, 0.3) is 0 Å². The summed E-state index contributed by atoms with van der Waals surface area (Å²) in [4.78, 5) is 8.78. The highest BCUT2D eigenvalue weighted by Crippen LogP contribution is 2.28. The van der Waals surface area contributed by atoms with E-state index in [-0.39, 0.29) is 5.95 Å². The number of hydrogen-bond donors (Lipinski definition) is 1. The van der Waals surface area contributed by atoms with Crippen LogP contribution < -0.4 is 10.5 Å². The summed E-state index contributed by atoms with van der Waals surface area (Å²) in [6, 6.07) is 28.3. The Hall–Kier alpha value is -3.66. The van der Waals surface area contributed by atoms with Gasteiger partial charge in [-0.25, -0.2) is 9.97 Å². The quantitative estimate of drug-likeness (QED) is 0.556. The Labute approximate surface area is 158 Å². The second kappa shape index (κ2) is 7.30. The lowest BCUT2D eigenvalue weighted by Crippen LogP contribution is -1.98. The molecule has 0 amide bonds. The molecule has 3 aromatic carbocycles. The van der Waals surface area contributed by atoms with Gasteiger partial charge in [-0.1, -0.05) is 54.6 Å². The number of methoxy groups -OCH3 is 1. The average Bonchev–Trinajstić information content (AvgIpc) is 2.74. The van der Waals surface area contributed by atoms with E-state index in [4.69, 9.17) is 10.5 Å². The van der Waals surface area contributed by atoms with Gasteiger partial charge in [-0.05, 0) is 41.5 Å².